The Hall–Kier alpha value is -1.10. The fraction of sp³-hybridized carbons (Fsp3) is 0.154. The Labute approximate surface area is 119 Å². The number of nitrogens with two attached hydrogens (primary N) is 1. The summed E-state index contributed by atoms with van der Waals surface area (Å²) < 4.78 is 6.43. The van der Waals surface area contributed by atoms with Crippen molar-refractivity contribution in [1.82, 2.24) is 4.98 Å². The van der Waals surface area contributed by atoms with Gasteiger partial charge in [0.2, 0.25) is 5.88 Å². The summed E-state index contributed by atoms with van der Waals surface area (Å²) in [5.41, 5.74) is 6.72. The molecule has 94 valence electrons. The molecule has 18 heavy (non-hydrogen) atoms. The number of pyridine rings is 1. The number of aromatic nitrogens is 1. The molecule has 0 saturated heterocycles. The molecule has 2 rings (SSSR count). The van der Waals surface area contributed by atoms with Crippen LogP contribution in [0.2, 0.25) is 5.02 Å². The lowest BCUT2D eigenvalue weighted by Crippen LogP contribution is -2.05. The molecule has 1 heterocycles. The largest absolute Gasteiger partial charge is 0.438 e. The molecule has 0 aliphatic rings. The van der Waals surface area contributed by atoms with Crippen LogP contribution in [0, 0.1) is 0 Å². The smallest absolute Gasteiger partial charge is 0.219 e. The number of ether oxygens (including phenoxy) is 1. The molecule has 0 spiro atoms. The van der Waals surface area contributed by atoms with Crippen molar-refractivity contribution < 1.29 is 4.74 Å². The molecule has 0 fully saturated rings. The van der Waals surface area contributed by atoms with Crippen molar-refractivity contribution in [3.63, 3.8) is 0 Å². The van der Waals surface area contributed by atoms with Crippen molar-refractivity contribution in [3.8, 4) is 11.6 Å². The van der Waals surface area contributed by atoms with E-state index >= 15 is 0 Å². The van der Waals surface area contributed by atoms with Crippen LogP contribution in [0.15, 0.2) is 41.0 Å². The first kappa shape index (κ1) is 13.3. The summed E-state index contributed by atoms with van der Waals surface area (Å²) in [5.74, 6) is 1.18. The molecule has 1 aromatic heterocycles. The molecule has 0 radical (unpaired) electrons. The van der Waals surface area contributed by atoms with Crippen molar-refractivity contribution >= 4 is 27.5 Å². The molecular formula is C13H12BrClN2O. The van der Waals surface area contributed by atoms with Gasteiger partial charge < -0.3 is 10.5 Å². The molecule has 1 aromatic carbocycles. The minimum Gasteiger partial charge on any atom is -0.438 e. The summed E-state index contributed by atoms with van der Waals surface area (Å²) in [6.45, 7) is 1.91. The zero-order valence-corrected chi connectivity index (χ0v) is 12.1. The highest BCUT2D eigenvalue weighted by Gasteiger charge is 2.05. The summed E-state index contributed by atoms with van der Waals surface area (Å²) in [6.07, 6.45) is 1.71. The van der Waals surface area contributed by atoms with Gasteiger partial charge in [-0.1, -0.05) is 17.7 Å². The first-order valence-corrected chi connectivity index (χ1v) is 6.58. The van der Waals surface area contributed by atoms with Crippen LogP contribution in [0.4, 0.5) is 0 Å². The Kier molecular flexibility index (Phi) is 4.22. The average molecular weight is 328 g/mol. The van der Waals surface area contributed by atoms with E-state index in [-0.39, 0.29) is 6.04 Å². The van der Waals surface area contributed by atoms with Gasteiger partial charge in [0.05, 0.1) is 4.47 Å². The van der Waals surface area contributed by atoms with E-state index in [0.29, 0.717) is 16.7 Å². The third kappa shape index (κ3) is 3.22. The minimum atomic E-state index is -0.0335. The van der Waals surface area contributed by atoms with Gasteiger partial charge in [0.1, 0.15) is 5.75 Å². The molecule has 0 unspecified atom stereocenters. The Balaban J connectivity index is 2.18. The van der Waals surface area contributed by atoms with Gasteiger partial charge in [0.15, 0.2) is 0 Å². The van der Waals surface area contributed by atoms with Gasteiger partial charge in [-0.05, 0) is 46.6 Å². The maximum Gasteiger partial charge on any atom is 0.219 e. The fourth-order valence-electron chi connectivity index (χ4n) is 1.39. The van der Waals surface area contributed by atoms with E-state index in [4.69, 9.17) is 22.1 Å². The van der Waals surface area contributed by atoms with E-state index < -0.39 is 0 Å². The van der Waals surface area contributed by atoms with E-state index in [9.17, 15) is 0 Å². The standard InChI is InChI=1S/C13H12BrClN2O/c1-8(16)9-2-5-13(17-7-9)18-12-4-3-10(15)6-11(12)14/h2-8H,16H2,1H3/t8-/m0/s1. The maximum absolute atomic E-state index is 5.86. The second-order valence-electron chi connectivity index (χ2n) is 3.90. The third-order valence-corrected chi connectivity index (χ3v) is 3.25. The molecule has 0 amide bonds. The van der Waals surface area contributed by atoms with Gasteiger partial charge >= 0.3 is 0 Å². The van der Waals surface area contributed by atoms with Crippen molar-refractivity contribution in [2.24, 2.45) is 5.73 Å². The van der Waals surface area contributed by atoms with E-state index in [1.54, 1.807) is 30.5 Å². The van der Waals surface area contributed by atoms with E-state index in [1.165, 1.54) is 0 Å². The molecular weight excluding hydrogens is 316 g/mol. The highest BCUT2D eigenvalue weighted by molar-refractivity contribution is 9.10. The lowest BCUT2D eigenvalue weighted by atomic mass is 10.2. The lowest BCUT2D eigenvalue weighted by molar-refractivity contribution is 0.459. The normalized spacial score (nSPS) is 12.2. The topological polar surface area (TPSA) is 48.1 Å². The van der Waals surface area contributed by atoms with Gasteiger partial charge in [-0.15, -0.1) is 0 Å². The molecule has 0 bridgehead atoms. The van der Waals surface area contributed by atoms with Crippen LogP contribution in [0.5, 0.6) is 11.6 Å². The first-order chi connectivity index (χ1) is 8.56. The van der Waals surface area contributed by atoms with Gasteiger partial charge in [0.25, 0.3) is 0 Å². The lowest BCUT2D eigenvalue weighted by Gasteiger charge is -2.09. The minimum absolute atomic E-state index is 0.0335. The zero-order chi connectivity index (χ0) is 13.1. The fourth-order valence-corrected chi connectivity index (χ4v) is 2.16. The molecule has 1 atom stereocenters. The summed E-state index contributed by atoms with van der Waals surface area (Å²) >= 11 is 9.25. The van der Waals surface area contributed by atoms with Crippen LogP contribution in [0.3, 0.4) is 0 Å². The molecule has 3 nitrogen and oxygen atoms in total. The van der Waals surface area contributed by atoms with Crippen LogP contribution in [-0.2, 0) is 0 Å². The Morgan fingerprint density at radius 2 is 2.11 bits per heavy atom. The third-order valence-electron chi connectivity index (χ3n) is 2.39. The molecule has 2 aromatic rings. The Bertz CT molecular complexity index is 543. The van der Waals surface area contributed by atoms with Crippen LogP contribution >= 0.6 is 27.5 Å². The van der Waals surface area contributed by atoms with Crippen LogP contribution in [0.1, 0.15) is 18.5 Å². The second kappa shape index (κ2) is 5.69. The number of rotatable bonds is 3. The van der Waals surface area contributed by atoms with Gasteiger partial charge in [-0.25, -0.2) is 4.98 Å². The van der Waals surface area contributed by atoms with Crippen molar-refractivity contribution in [2.75, 3.05) is 0 Å². The highest BCUT2D eigenvalue weighted by atomic mass is 79.9. The maximum atomic E-state index is 5.86. The summed E-state index contributed by atoms with van der Waals surface area (Å²) in [6, 6.07) is 8.98. The zero-order valence-electron chi connectivity index (χ0n) is 9.73. The predicted octanol–water partition coefficient (Wildman–Crippen LogP) is 4.31. The number of benzene rings is 1. The molecule has 2 N–H and O–H groups in total. The van der Waals surface area contributed by atoms with E-state index in [1.807, 2.05) is 13.0 Å². The second-order valence-corrected chi connectivity index (χ2v) is 5.19. The quantitative estimate of drug-likeness (QED) is 0.914. The monoisotopic (exact) mass is 326 g/mol. The van der Waals surface area contributed by atoms with Gasteiger partial charge in [-0.2, -0.15) is 0 Å². The van der Waals surface area contributed by atoms with Crippen molar-refractivity contribution in [1.29, 1.82) is 0 Å². The van der Waals surface area contributed by atoms with Gasteiger partial charge in [0, 0.05) is 23.3 Å². The van der Waals surface area contributed by atoms with Crippen LogP contribution in [-0.4, -0.2) is 4.98 Å². The Morgan fingerprint density at radius 3 is 2.67 bits per heavy atom. The molecule has 0 aliphatic heterocycles. The van der Waals surface area contributed by atoms with Crippen LogP contribution in [0.25, 0.3) is 0 Å². The first-order valence-electron chi connectivity index (χ1n) is 5.40. The number of hydrogen-bond donors (Lipinski definition) is 1. The van der Waals surface area contributed by atoms with Crippen molar-refractivity contribution in [3.05, 3.63) is 51.6 Å². The predicted molar refractivity (Wildman–Crippen MR) is 76.1 cm³/mol. The van der Waals surface area contributed by atoms with Crippen LogP contribution < -0.4 is 10.5 Å². The van der Waals surface area contributed by atoms with E-state index in [2.05, 4.69) is 20.9 Å². The Morgan fingerprint density at radius 1 is 1.33 bits per heavy atom. The highest BCUT2D eigenvalue weighted by Crippen LogP contribution is 2.31. The summed E-state index contributed by atoms with van der Waals surface area (Å²) in [7, 11) is 0. The average Bonchev–Trinajstić information content (AvgIpc) is 2.33. The molecule has 0 saturated carbocycles. The van der Waals surface area contributed by atoms with Crippen molar-refractivity contribution in [2.45, 2.75) is 13.0 Å². The van der Waals surface area contributed by atoms with Gasteiger partial charge in [-0.3, -0.25) is 0 Å². The number of halogens is 2. The molecule has 5 heteroatoms. The van der Waals surface area contributed by atoms with E-state index in [0.717, 1.165) is 10.0 Å². The SMILES string of the molecule is C[C@H](N)c1ccc(Oc2ccc(Cl)cc2Br)nc1. The summed E-state index contributed by atoms with van der Waals surface area (Å²) in [5, 5.41) is 0.648. The summed E-state index contributed by atoms with van der Waals surface area (Å²) in [4.78, 5) is 4.20. The number of nitrogens with zero attached hydrogens (tertiary/aromatic N) is 1. The number of hydrogen-bond acceptors (Lipinski definition) is 3. The molecule has 0 aliphatic carbocycles.